The zero-order valence-electron chi connectivity index (χ0n) is 13.7. The third kappa shape index (κ3) is 2.50. The van der Waals surface area contributed by atoms with E-state index < -0.39 is 0 Å². The number of benzene rings is 1. The van der Waals surface area contributed by atoms with Crippen molar-refractivity contribution in [1.29, 1.82) is 5.26 Å². The molecule has 2 fully saturated rings. The molecule has 0 saturated heterocycles. The number of rotatable bonds is 1. The van der Waals surface area contributed by atoms with Gasteiger partial charge in [0, 0.05) is 0 Å². The summed E-state index contributed by atoms with van der Waals surface area (Å²) in [5, 5.41) is 9.78. The maximum atomic E-state index is 9.78. The van der Waals surface area contributed by atoms with Gasteiger partial charge in [-0.15, -0.1) is 0 Å². The highest BCUT2D eigenvalue weighted by atomic mass is 14.6. The van der Waals surface area contributed by atoms with Crippen molar-refractivity contribution in [3.05, 3.63) is 35.4 Å². The van der Waals surface area contributed by atoms with Crippen molar-refractivity contribution < 1.29 is 0 Å². The Morgan fingerprint density at radius 3 is 2.00 bits per heavy atom. The molecule has 3 rings (SSSR count). The predicted octanol–water partition coefficient (Wildman–Crippen LogP) is 5.49. The van der Waals surface area contributed by atoms with Crippen LogP contribution >= 0.6 is 0 Å². The minimum absolute atomic E-state index is 0.183. The summed E-state index contributed by atoms with van der Waals surface area (Å²) in [6.45, 7) is 6.72. The van der Waals surface area contributed by atoms with Crippen LogP contribution in [0.5, 0.6) is 0 Å². The van der Waals surface area contributed by atoms with Crippen LogP contribution in [0.3, 0.4) is 0 Å². The molecule has 0 bridgehead atoms. The summed E-state index contributed by atoms with van der Waals surface area (Å²) in [6.07, 6.45) is 8.99. The molecule has 112 valence electrons. The summed E-state index contributed by atoms with van der Waals surface area (Å²) < 4.78 is 0. The summed E-state index contributed by atoms with van der Waals surface area (Å²) >= 11 is 0. The van der Waals surface area contributed by atoms with Crippen LogP contribution in [0.1, 0.15) is 76.8 Å². The smallest absolute Gasteiger partial charge is 0.0833 e. The second-order valence-corrected chi connectivity index (χ2v) is 8.44. The van der Waals surface area contributed by atoms with Crippen LogP contribution in [-0.2, 0) is 10.8 Å². The monoisotopic (exact) mass is 281 g/mol. The van der Waals surface area contributed by atoms with E-state index in [1.807, 2.05) is 0 Å². The van der Waals surface area contributed by atoms with E-state index >= 15 is 0 Å². The van der Waals surface area contributed by atoms with Crippen molar-refractivity contribution in [3.63, 3.8) is 0 Å². The van der Waals surface area contributed by atoms with E-state index in [9.17, 15) is 5.26 Å². The molecular weight excluding hydrogens is 254 g/mol. The molecule has 0 aliphatic heterocycles. The van der Waals surface area contributed by atoms with E-state index in [0.717, 1.165) is 12.8 Å². The minimum atomic E-state index is -0.201. The molecule has 1 nitrogen and oxygen atoms in total. The molecule has 1 heteroatoms. The van der Waals surface area contributed by atoms with Crippen LogP contribution in [0, 0.1) is 16.7 Å². The Hall–Kier alpha value is -1.29. The molecule has 0 N–H and O–H groups in total. The fourth-order valence-electron chi connectivity index (χ4n) is 4.52. The van der Waals surface area contributed by atoms with Crippen LogP contribution in [-0.4, -0.2) is 0 Å². The van der Waals surface area contributed by atoms with Gasteiger partial charge in [0.1, 0.15) is 0 Å². The summed E-state index contributed by atoms with van der Waals surface area (Å²) in [4.78, 5) is 0. The topological polar surface area (TPSA) is 23.8 Å². The lowest BCUT2D eigenvalue weighted by molar-refractivity contribution is 0.0168. The first kappa shape index (κ1) is 14.6. The van der Waals surface area contributed by atoms with Gasteiger partial charge in [-0.2, -0.15) is 5.26 Å². The Morgan fingerprint density at radius 2 is 1.52 bits per heavy atom. The number of nitrogens with zero attached hydrogens (tertiary/aromatic N) is 1. The highest BCUT2D eigenvalue weighted by Crippen LogP contribution is 2.61. The Balaban J connectivity index is 1.81. The zero-order chi connectivity index (χ0) is 15.1. The SMILES string of the molecule is CC(C)(C)c1ccc(C2(C#N)CC3(CCCCC3)C2)cc1. The van der Waals surface area contributed by atoms with Crippen LogP contribution in [0.2, 0.25) is 0 Å². The van der Waals surface area contributed by atoms with E-state index in [2.05, 4.69) is 51.1 Å². The summed E-state index contributed by atoms with van der Waals surface area (Å²) in [7, 11) is 0. The van der Waals surface area contributed by atoms with Crippen LogP contribution in [0.25, 0.3) is 0 Å². The van der Waals surface area contributed by atoms with Crippen molar-refractivity contribution in [3.8, 4) is 6.07 Å². The fraction of sp³-hybridized carbons (Fsp3) is 0.650. The van der Waals surface area contributed by atoms with Gasteiger partial charge in [-0.05, 0) is 47.6 Å². The van der Waals surface area contributed by atoms with E-state index in [-0.39, 0.29) is 10.8 Å². The molecule has 1 aromatic rings. The Bertz CT molecular complexity index is 539. The van der Waals surface area contributed by atoms with Crippen molar-refractivity contribution in [2.24, 2.45) is 5.41 Å². The van der Waals surface area contributed by atoms with Gasteiger partial charge < -0.3 is 0 Å². The quantitative estimate of drug-likeness (QED) is 0.667. The number of hydrogen-bond donors (Lipinski definition) is 0. The average Bonchev–Trinajstić information content (AvgIpc) is 2.44. The van der Waals surface area contributed by atoms with Crippen LogP contribution in [0.15, 0.2) is 24.3 Å². The fourth-order valence-corrected chi connectivity index (χ4v) is 4.52. The van der Waals surface area contributed by atoms with E-state index in [0.29, 0.717) is 5.41 Å². The van der Waals surface area contributed by atoms with Gasteiger partial charge in [0.2, 0.25) is 0 Å². The Kier molecular flexibility index (Phi) is 3.40. The molecule has 2 aliphatic carbocycles. The first-order valence-corrected chi connectivity index (χ1v) is 8.42. The maximum absolute atomic E-state index is 9.78. The van der Waals surface area contributed by atoms with Gasteiger partial charge >= 0.3 is 0 Å². The Labute approximate surface area is 129 Å². The molecule has 21 heavy (non-hydrogen) atoms. The van der Waals surface area contributed by atoms with Crippen molar-refractivity contribution in [1.82, 2.24) is 0 Å². The van der Waals surface area contributed by atoms with Gasteiger partial charge in [0.25, 0.3) is 0 Å². The molecular formula is C20H27N. The second kappa shape index (κ2) is 4.87. The van der Waals surface area contributed by atoms with Gasteiger partial charge in [-0.25, -0.2) is 0 Å². The maximum Gasteiger partial charge on any atom is 0.0833 e. The van der Waals surface area contributed by atoms with Gasteiger partial charge in [0.15, 0.2) is 0 Å². The molecule has 0 unspecified atom stereocenters. The molecule has 2 saturated carbocycles. The minimum Gasteiger partial charge on any atom is -0.197 e. The zero-order valence-corrected chi connectivity index (χ0v) is 13.7. The number of hydrogen-bond acceptors (Lipinski definition) is 1. The molecule has 0 heterocycles. The molecule has 1 aromatic carbocycles. The van der Waals surface area contributed by atoms with Gasteiger partial charge in [0.05, 0.1) is 11.5 Å². The first-order valence-electron chi connectivity index (χ1n) is 8.42. The van der Waals surface area contributed by atoms with Crippen LogP contribution < -0.4 is 0 Å². The molecule has 0 aromatic heterocycles. The highest BCUT2D eigenvalue weighted by Gasteiger charge is 2.55. The lowest BCUT2D eigenvalue weighted by Crippen LogP contribution is -2.49. The molecule has 0 radical (unpaired) electrons. The van der Waals surface area contributed by atoms with Crippen LogP contribution in [0.4, 0.5) is 0 Å². The highest BCUT2D eigenvalue weighted by molar-refractivity contribution is 5.40. The molecule has 0 amide bonds. The normalized spacial score (nSPS) is 23.3. The van der Waals surface area contributed by atoms with E-state index in [1.165, 1.54) is 43.2 Å². The standard InChI is InChI=1S/C20H27N/c1-18(2,3)16-7-9-17(10-8-16)20(15-21)13-19(14-20)11-5-4-6-12-19/h7-10H,4-6,11-14H2,1-3H3. The third-order valence-electron chi connectivity index (χ3n) is 5.79. The first-order chi connectivity index (χ1) is 9.89. The lowest BCUT2D eigenvalue weighted by Gasteiger charge is -2.55. The Morgan fingerprint density at radius 1 is 0.952 bits per heavy atom. The molecule has 1 spiro atoms. The lowest BCUT2D eigenvalue weighted by atomic mass is 9.47. The summed E-state index contributed by atoms with van der Waals surface area (Å²) in [6, 6.07) is 11.5. The largest absolute Gasteiger partial charge is 0.197 e. The summed E-state index contributed by atoms with van der Waals surface area (Å²) in [5.74, 6) is 0. The van der Waals surface area contributed by atoms with Gasteiger partial charge in [-0.1, -0.05) is 64.3 Å². The van der Waals surface area contributed by atoms with Crippen molar-refractivity contribution in [2.45, 2.75) is 76.5 Å². The third-order valence-corrected chi connectivity index (χ3v) is 5.79. The predicted molar refractivity (Wildman–Crippen MR) is 87.2 cm³/mol. The average molecular weight is 281 g/mol. The van der Waals surface area contributed by atoms with E-state index in [1.54, 1.807) is 0 Å². The van der Waals surface area contributed by atoms with Gasteiger partial charge in [-0.3, -0.25) is 0 Å². The molecule has 2 aliphatic rings. The van der Waals surface area contributed by atoms with Crippen molar-refractivity contribution in [2.75, 3.05) is 0 Å². The summed E-state index contributed by atoms with van der Waals surface area (Å²) in [5.41, 5.74) is 3.08. The number of nitriles is 1. The second-order valence-electron chi connectivity index (χ2n) is 8.44. The van der Waals surface area contributed by atoms with E-state index in [4.69, 9.17) is 0 Å². The van der Waals surface area contributed by atoms with Crippen molar-refractivity contribution >= 4 is 0 Å². The molecule has 0 atom stereocenters.